The van der Waals surface area contributed by atoms with E-state index in [1.165, 1.54) is 31.3 Å². The summed E-state index contributed by atoms with van der Waals surface area (Å²) in [5.74, 6) is -0.665. The molecular formula is C20H22ClN3O4S. The van der Waals surface area contributed by atoms with E-state index >= 15 is 0 Å². The van der Waals surface area contributed by atoms with Crippen molar-refractivity contribution in [2.75, 3.05) is 24.4 Å². The number of anilines is 1. The van der Waals surface area contributed by atoms with E-state index < -0.39 is 10.0 Å². The Morgan fingerprint density at radius 2 is 1.59 bits per heavy atom. The van der Waals surface area contributed by atoms with Gasteiger partial charge in [0.25, 0.3) is 15.9 Å². The van der Waals surface area contributed by atoms with Crippen molar-refractivity contribution >= 4 is 39.1 Å². The molecule has 2 amide bonds. The number of benzene rings is 2. The van der Waals surface area contributed by atoms with E-state index in [0.29, 0.717) is 42.2 Å². The fourth-order valence-corrected chi connectivity index (χ4v) is 4.59. The van der Waals surface area contributed by atoms with Gasteiger partial charge in [0.15, 0.2) is 0 Å². The molecule has 0 radical (unpaired) electrons. The summed E-state index contributed by atoms with van der Waals surface area (Å²) in [5.41, 5.74) is 6.22. The summed E-state index contributed by atoms with van der Waals surface area (Å²) in [6.45, 7) is 0.943. The molecule has 0 aromatic heterocycles. The van der Waals surface area contributed by atoms with Gasteiger partial charge in [0.2, 0.25) is 5.91 Å². The molecule has 2 N–H and O–H groups in total. The van der Waals surface area contributed by atoms with Crippen LogP contribution in [0.3, 0.4) is 0 Å². The van der Waals surface area contributed by atoms with Gasteiger partial charge in [-0.1, -0.05) is 11.6 Å². The number of primary amides is 1. The summed E-state index contributed by atoms with van der Waals surface area (Å²) in [6, 6.07) is 12.3. The number of nitrogens with zero attached hydrogens (tertiary/aromatic N) is 2. The fraction of sp³-hybridized carbons (Fsp3) is 0.300. The predicted octanol–water partition coefficient (Wildman–Crippen LogP) is 2.50. The molecule has 2 aromatic carbocycles. The molecule has 1 saturated heterocycles. The summed E-state index contributed by atoms with van der Waals surface area (Å²) in [4.78, 5) is 25.7. The SMILES string of the molecule is CN(c1ccc(C(=O)N2CCC(C(N)=O)CC2)cc1)S(=O)(=O)c1ccc(Cl)cc1. The molecular weight excluding hydrogens is 414 g/mol. The van der Waals surface area contributed by atoms with Crippen molar-refractivity contribution in [3.63, 3.8) is 0 Å². The van der Waals surface area contributed by atoms with Crippen molar-refractivity contribution in [2.45, 2.75) is 17.7 Å². The Labute approximate surface area is 175 Å². The minimum atomic E-state index is -3.74. The molecule has 1 fully saturated rings. The van der Waals surface area contributed by atoms with Crippen LogP contribution in [-0.4, -0.2) is 45.3 Å². The summed E-state index contributed by atoms with van der Waals surface area (Å²) in [7, 11) is -2.29. The van der Waals surface area contributed by atoms with Crippen LogP contribution < -0.4 is 10.0 Å². The Morgan fingerprint density at radius 3 is 2.10 bits per heavy atom. The Hall–Kier alpha value is -2.58. The number of sulfonamides is 1. The maximum atomic E-state index is 12.8. The van der Waals surface area contributed by atoms with Gasteiger partial charge >= 0.3 is 0 Å². The van der Waals surface area contributed by atoms with Gasteiger partial charge in [-0.2, -0.15) is 0 Å². The second kappa shape index (κ2) is 8.42. The standard InChI is InChI=1S/C20H22ClN3O4S/c1-23(29(27,28)18-8-4-16(21)5-9-18)17-6-2-15(3-7-17)20(26)24-12-10-14(11-13-24)19(22)25/h2-9,14H,10-13H2,1H3,(H2,22,25). The first-order valence-corrected chi connectivity index (χ1v) is 10.9. The lowest BCUT2D eigenvalue weighted by Crippen LogP contribution is -2.41. The predicted molar refractivity (Wildman–Crippen MR) is 111 cm³/mol. The Kier molecular flexibility index (Phi) is 6.14. The minimum absolute atomic E-state index is 0.127. The van der Waals surface area contributed by atoms with Crippen LogP contribution in [0.5, 0.6) is 0 Å². The normalized spacial score (nSPS) is 15.2. The largest absolute Gasteiger partial charge is 0.369 e. The average molecular weight is 436 g/mol. The van der Waals surface area contributed by atoms with Crippen LogP contribution in [0.2, 0.25) is 5.02 Å². The van der Waals surface area contributed by atoms with Gasteiger partial charge in [-0.15, -0.1) is 0 Å². The van der Waals surface area contributed by atoms with Crippen LogP contribution in [0.1, 0.15) is 23.2 Å². The number of hydrogen-bond donors (Lipinski definition) is 1. The van der Waals surface area contributed by atoms with E-state index in [1.807, 2.05) is 0 Å². The lowest BCUT2D eigenvalue weighted by atomic mass is 9.96. The third-order valence-electron chi connectivity index (χ3n) is 5.13. The van der Waals surface area contributed by atoms with E-state index in [2.05, 4.69) is 0 Å². The summed E-state index contributed by atoms with van der Waals surface area (Å²) >= 11 is 5.83. The molecule has 0 unspecified atom stereocenters. The smallest absolute Gasteiger partial charge is 0.264 e. The molecule has 154 valence electrons. The molecule has 2 aromatic rings. The highest BCUT2D eigenvalue weighted by Gasteiger charge is 2.27. The van der Waals surface area contributed by atoms with E-state index in [4.69, 9.17) is 17.3 Å². The fourth-order valence-electron chi connectivity index (χ4n) is 3.27. The molecule has 29 heavy (non-hydrogen) atoms. The maximum Gasteiger partial charge on any atom is 0.264 e. The summed E-state index contributed by atoms with van der Waals surface area (Å²) in [5, 5.41) is 0.453. The Morgan fingerprint density at radius 1 is 1.03 bits per heavy atom. The van der Waals surface area contributed by atoms with Crippen LogP contribution in [0.25, 0.3) is 0 Å². The summed E-state index contributed by atoms with van der Waals surface area (Å²) < 4.78 is 26.7. The van der Waals surface area contributed by atoms with Gasteiger partial charge < -0.3 is 10.6 Å². The molecule has 0 bridgehead atoms. The van der Waals surface area contributed by atoms with E-state index in [-0.39, 0.29) is 22.6 Å². The average Bonchev–Trinajstić information content (AvgIpc) is 2.73. The monoisotopic (exact) mass is 435 g/mol. The molecule has 1 heterocycles. The van der Waals surface area contributed by atoms with E-state index in [1.54, 1.807) is 29.2 Å². The molecule has 0 spiro atoms. The van der Waals surface area contributed by atoms with Gasteiger partial charge in [-0.3, -0.25) is 13.9 Å². The number of hydrogen-bond acceptors (Lipinski definition) is 4. The number of carbonyl (C=O) groups is 2. The molecule has 0 atom stereocenters. The zero-order valence-corrected chi connectivity index (χ0v) is 17.5. The first-order chi connectivity index (χ1) is 13.7. The van der Waals surface area contributed by atoms with E-state index in [9.17, 15) is 18.0 Å². The highest BCUT2D eigenvalue weighted by atomic mass is 35.5. The number of halogens is 1. The minimum Gasteiger partial charge on any atom is -0.369 e. The third-order valence-corrected chi connectivity index (χ3v) is 7.19. The van der Waals surface area contributed by atoms with Gasteiger partial charge in [-0.25, -0.2) is 8.42 Å². The van der Waals surface area contributed by atoms with Crippen molar-refractivity contribution < 1.29 is 18.0 Å². The first-order valence-electron chi connectivity index (χ1n) is 9.13. The van der Waals surface area contributed by atoms with Gasteiger partial charge in [0.05, 0.1) is 10.6 Å². The van der Waals surface area contributed by atoms with Crippen LogP contribution in [-0.2, 0) is 14.8 Å². The molecule has 0 aliphatic carbocycles. The maximum absolute atomic E-state index is 12.8. The number of amides is 2. The quantitative estimate of drug-likeness (QED) is 0.779. The topological polar surface area (TPSA) is 101 Å². The second-order valence-corrected chi connectivity index (χ2v) is 9.35. The van der Waals surface area contributed by atoms with E-state index in [0.717, 1.165) is 4.31 Å². The third kappa shape index (κ3) is 4.54. The second-order valence-electron chi connectivity index (χ2n) is 6.94. The van der Waals surface area contributed by atoms with Gasteiger partial charge in [0, 0.05) is 36.6 Å². The Balaban J connectivity index is 1.72. The van der Waals surface area contributed by atoms with Gasteiger partial charge in [-0.05, 0) is 61.4 Å². The van der Waals surface area contributed by atoms with Crippen LogP contribution in [0.4, 0.5) is 5.69 Å². The van der Waals surface area contributed by atoms with Crippen LogP contribution in [0.15, 0.2) is 53.4 Å². The van der Waals surface area contributed by atoms with Crippen molar-refractivity contribution in [1.29, 1.82) is 0 Å². The summed E-state index contributed by atoms with van der Waals surface area (Å²) in [6.07, 6.45) is 1.11. The zero-order chi connectivity index (χ0) is 21.2. The number of nitrogens with two attached hydrogens (primary N) is 1. The number of likely N-dealkylation sites (tertiary alicyclic amines) is 1. The number of carbonyl (C=O) groups excluding carboxylic acids is 2. The van der Waals surface area contributed by atoms with Crippen LogP contribution in [0, 0.1) is 5.92 Å². The van der Waals surface area contributed by atoms with Crippen LogP contribution >= 0.6 is 11.6 Å². The van der Waals surface area contributed by atoms with Crippen molar-refractivity contribution in [3.05, 3.63) is 59.1 Å². The van der Waals surface area contributed by atoms with Crippen molar-refractivity contribution in [3.8, 4) is 0 Å². The number of rotatable bonds is 5. The Bertz CT molecular complexity index is 999. The van der Waals surface area contributed by atoms with Crippen molar-refractivity contribution in [2.24, 2.45) is 11.7 Å². The zero-order valence-electron chi connectivity index (χ0n) is 15.9. The highest BCUT2D eigenvalue weighted by molar-refractivity contribution is 7.92. The first kappa shape index (κ1) is 21.1. The molecule has 0 saturated carbocycles. The molecule has 7 nitrogen and oxygen atoms in total. The molecule has 9 heteroatoms. The highest BCUT2D eigenvalue weighted by Crippen LogP contribution is 2.24. The molecule has 1 aliphatic rings. The van der Waals surface area contributed by atoms with Gasteiger partial charge in [0.1, 0.15) is 0 Å². The molecule has 3 rings (SSSR count). The molecule has 1 aliphatic heterocycles. The van der Waals surface area contributed by atoms with Crippen molar-refractivity contribution in [1.82, 2.24) is 4.90 Å². The lowest BCUT2D eigenvalue weighted by molar-refractivity contribution is -0.123. The lowest BCUT2D eigenvalue weighted by Gasteiger charge is -2.30. The number of piperidine rings is 1.